The van der Waals surface area contributed by atoms with Gasteiger partial charge in [-0.15, -0.1) is 13.2 Å². The molecule has 6 heteroatoms. The largest absolute Gasteiger partial charge is 0.575 e. The molecule has 0 N–H and O–H groups in total. The molecule has 0 spiro atoms. The van der Waals surface area contributed by atoms with Crippen LogP contribution in [0.2, 0.25) is 0 Å². The van der Waals surface area contributed by atoms with Crippen LogP contribution < -0.4 is 4.74 Å². The lowest BCUT2D eigenvalue weighted by Crippen LogP contribution is -2.16. The molecule has 55 valence electrons. The summed E-state index contributed by atoms with van der Waals surface area (Å²) in [6.07, 6.45) is -3.81. The zero-order valence-electron chi connectivity index (χ0n) is 4.47. The summed E-state index contributed by atoms with van der Waals surface area (Å²) in [6.45, 7) is 0. The van der Waals surface area contributed by atoms with E-state index in [0.29, 0.717) is 0 Å². The van der Waals surface area contributed by atoms with Gasteiger partial charge in [0.2, 0.25) is 0 Å². The van der Waals surface area contributed by atoms with Crippen LogP contribution in [-0.2, 0) is 0 Å². The van der Waals surface area contributed by atoms with E-state index in [0.717, 1.165) is 6.20 Å². The van der Waals surface area contributed by atoms with Crippen LogP contribution >= 0.6 is 0 Å². The standard InChI is InChI=1S/C4HF3NO2/c5-4(6,7)9-3-1-2-8-10-3/h2H. The fourth-order valence-electron chi connectivity index (χ4n) is 0.333. The van der Waals surface area contributed by atoms with Gasteiger partial charge >= 0.3 is 12.3 Å². The van der Waals surface area contributed by atoms with Gasteiger partial charge in [-0.1, -0.05) is 5.16 Å². The summed E-state index contributed by atoms with van der Waals surface area (Å²) < 4.78 is 41.1. The van der Waals surface area contributed by atoms with Crippen molar-refractivity contribution < 1.29 is 22.4 Å². The maximum Gasteiger partial charge on any atom is 0.575 e. The Hall–Kier alpha value is -1.20. The average Bonchev–Trinajstić information content (AvgIpc) is 2.12. The molecule has 0 saturated carbocycles. The van der Waals surface area contributed by atoms with Crippen LogP contribution in [0.5, 0.6) is 5.95 Å². The van der Waals surface area contributed by atoms with Crippen molar-refractivity contribution in [2.75, 3.05) is 0 Å². The molecule has 1 radical (unpaired) electrons. The van der Waals surface area contributed by atoms with E-state index in [9.17, 15) is 13.2 Å². The number of halogens is 3. The first-order valence-electron chi connectivity index (χ1n) is 2.16. The van der Waals surface area contributed by atoms with E-state index in [1.54, 1.807) is 0 Å². The smallest absolute Gasteiger partial charge is 0.370 e. The van der Waals surface area contributed by atoms with Crippen molar-refractivity contribution in [1.82, 2.24) is 5.16 Å². The maximum absolute atomic E-state index is 11.3. The number of hydrogen-bond acceptors (Lipinski definition) is 3. The molecule has 0 unspecified atom stereocenters. The van der Waals surface area contributed by atoms with Crippen LogP contribution in [0.25, 0.3) is 0 Å². The minimum absolute atomic E-state index is 0.785. The van der Waals surface area contributed by atoms with E-state index in [4.69, 9.17) is 0 Å². The van der Waals surface area contributed by atoms with Crippen LogP contribution in [0.3, 0.4) is 0 Å². The van der Waals surface area contributed by atoms with Crippen LogP contribution in [0.1, 0.15) is 0 Å². The number of ether oxygens (including phenoxy) is 1. The Morgan fingerprint density at radius 1 is 1.60 bits per heavy atom. The average molecular weight is 152 g/mol. The van der Waals surface area contributed by atoms with Crippen molar-refractivity contribution >= 4 is 0 Å². The number of alkyl halides is 3. The zero-order valence-corrected chi connectivity index (χ0v) is 4.47. The molecule has 0 aromatic carbocycles. The van der Waals surface area contributed by atoms with Crippen molar-refractivity contribution in [2.24, 2.45) is 0 Å². The quantitative estimate of drug-likeness (QED) is 0.609. The predicted octanol–water partition coefficient (Wildman–Crippen LogP) is 1.37. The second-order valence-corrected chi connectivity index (χ2v) is 1.31. The Bertz CT molecular complexity index is 193. The molecule has 0 amide bonds. The van der Waals surface area contributed by atoms with Gasteiger partial charge in [0.05, 0.1) is 12.3 Å². The monoisotopic (exact) mass is 152 g/mol. The summed E-state index contributed by atoms with van der Waals surface area (Å²) in [5.41, 5.74) is 0. The Morgan fingerprint density at radius 2 is 2.30 bits per heavy atom. The first-order valence-corrected chi connectivity index (χ1v) is 2.16. The van der Waals surface area contributed by atoms with E-state index in [1.807, 2.05) is 6.07 Å². The molecule has 1 aromatic rings. The lowest BCUT2D eigenvalue weighted by Gasteiger charge is -2.02. The predicted molar refractivity (Wildman–Crippen MR) is 22.0 cm³/mol. The summed E-state index contributed by atoms with van der Waals surface area (Å²) >= 11 is 0. The molecule has 0 aliphatic rings. The van der Waals surface area contributed by atoms with Gasteiger partial charge in [-0.05, 0) is 0 Å². The van der Waals surface area contributed by atoms with Crippen LogP contribution in [-0.4, -0.2) is 11.5 Å². The Kier molecular flexibility index (Phi) is 1.52. The van der Waals surface area contributed by atoms with E-state index in [1.165, 1.54) is 0 Å². The van der Waals surface area contributed by atoms with Gasteiger partial charge in [0.1, 0.15) is 0 Å². The van der Waals surface area contributed by atoms with Crippen molar-refractivity contribution in [1.29, 1.82) is 0 Å². The molecule has 0 atom stereocenters. The molecule has 0 bridgehead atoms. The molecule has 0 fully saturated rings. The molecule has 0 aliphatic heterocycles. The van der Waals surface area contributed by atoms with Crippen LogP contribution in [0, 0.1) is 6.07 Å². The normalized spacial score (nSPS) is 11.5. The number of nitrogens with zero attached hydrogens (tertiary/aromatic N) is 1. The number of hydrogen-bond donors (Lipinski definition) is 0. The Balaban J connectivity index is 2.57. The van der Waals surface area contributed by atoms with Crippen molar-refractivity contribution in [3.63, 3.8) is 0 Å². The van der Waals surface area contributed by atoms with Gasteiger partial charge in [-0.2, -0.15) is 0 Å². The van der Waals surface area contributed by atoms with Crippen molar-refractivity contribution in [2.45, 2.75) is 6.36 Å². The Morgan fingerprint density at radius 3 is 2.70 bits per heavy atom. The van der Waals surface area contributed by atoms with E-state index >= 15 is 0 Å². The van der Waals surface area contributed by atoms with Gasteiger partial charge in [0.15, 0.2) is 0 Å². The summed E-state index contributed by atoms with van der Waals surface area (Å²) in [4.78, 5) is 0. The van der Waals surface area contributed by atoms with Gasteiger partial charge in [0, 0.05) is 0 Å². The van der Waals surface area contributed by atoms with Gasteiger partial charge in [-0.3, -0.25) is 0 Å². The Labute approximate surface area is 53.4 Å². The van der Waals surface area contributed by atoms with Gasteiger partial charge < -0.3 is 9.26 Å². The topological polar surface area (TPSA) is 35.3 Å². The molecule has 0 aliphatic carbocycles. The second-order valence-electron chi connectivity index (χ2n) is 1.31. The zero-order chi connectivity index (χ0) is 7.61. The SMILES string of the molecule is FC(F)(F)Oc1[c]cno1. The van der Waals surface area contributed by atoms with Crippen LogP contribution in [0.4, 0.5) is 13.2 Å². The lowest BCUT2D eigenvalue weighted by molar-refractivity contribution is -0.281. The second kappa shape index (κ2) is 2.20. The number of aromatic nitrogens is 1. The summed E-state index contributed by atoms with van der Waals surface area (Å²) in [5, 5.41) is 2.95. The molecule has 1 aromatic heterocycles. The third kappa shape index (κ3) is 1.96. The van der Waals surface area contributed by atoms with E-state index in [2.05, 4.69) is 14.4 Å². The van der Waals surface area contributed by atoms with E-state index < -0.39 is 12.3 Å². The third-order valence-electron chi connectivity index (χ3n) is 0.579. The van der Waals surface area contributed by atoms with Crippen LogP contribution in [0.15, 0.2) is 10.7 Å². The van der Waals surface area contributed by atoms with Gasteiger partial charge in [0.25, 0.3) is 0 Å². The molecule has 10 heavy (non-hydrogen) atoms. The highest BCUT2D eigenvalue weighted by Gasteiger charge is 2.32. The number of rotatable bonds is 1. The first-order chi connectivity index (χ1) is 4.58. The maximum atomic E-state index is 11.3. The summed E-state index contributed by atoms with van der Waals surface area (Å²) in [6, 6.07) is 1.97. The third-order valence-corrected chi connectivity index (χ3v) is 0.579. The highest BCUT2D eigenvalue weighted by atomic mass is 19.4. The molecule has 1 heterocycles. The summed E-state index contributed by atoms with van der Waals surface area (Å²) in [5.74, 6) is -0.785. The molecule has 1 rings (SSSR count). The molecular formula is C4HF3NO2. The minimum Gasteiger partial charge on any atom is -0.370 e. The highest BCUT2D eigenvalue weighted by Crippen LogP contribution is 2.20. The van der Waals surface area contributed by atoms with E-state index in [-0.39, 0.29) is 0 Å². The highest BCUT2D eigenvalue weighted by molar-refractivity contribution is 4.96. The molecule has 0 saturated heterocycles. The lowest BCUT2D eigenvalue weighted by atomic mass is 10.7. The molecule has 3 nitrogen and oxygen atoms in total. The summed E-state index contributed by atoms with van der Waals surface area (Å²) in [7, 11) is 0. The van der Waals surface area contributed by atoms with Gasteiger partial charge in [-0.25, -0.2) is 0 Å². The fraction of sp³-hybridized carbons (Fsp3) is 0.250. The van der Waals surface area contributed by atoms with Crippen molar-refractivity contribution in [3.05, 3.63) is 12.3 Å². The first kappa shape index (κ1) is 6.91. The minimum atomic E-state index is -4.74. The molecular weight excluding hydrogens is 151 g/mol. The van der Waals surface area contributed by atoms with Crippen molar-refractivity contribution in [3.8, 4) is 5.95 Å². The fourth-order valence-corrected chi connectivity index (χ4v) is 0.333.